The average molecular weight is 247 g/mol. The van der Waals surface area contributed by atoms with Crippen molar-refractivity contribution in [2.45, 2.75) is 57.0 Å². The number of nitriles is 1. The molecule has 0 amide bonds. The normalized spacial score (nSPS) is 25.1. The van der Waals surface area contributed by atoms with Crippen molar-refractivity contribution in [3.8, 4) is 6.07 Å². The minimum atomic E-state index is 0.0819. The quantitative estimate of drug-likeness (QED) is 0.678. The lowest BCUT2D eigenvalue weighted by Crippen LogP contribution is -2.36. The molecule has 0 aliphatic heterocycles. The maximum absolute atomic E-state index is 9.17. The van der Waals surface area contributed by atoms with Crippen molar-refractivity contribution in [3.05, 3.63) is 0 Å². The smallest absolute Gasteiger partial charge is 0.0967 e. The zero-order valence-corrected chi connectivity index (χ0v) is 11.3. The Morgan fingerprint density at radius 2 is 1.67 bits per heavy atom. The van der Waals surface area contributed by atoms with E-state index in [2.05, 4.69) is 16.3 Å². The number of nitrogens with one attached hydrogen (secondary N) is 1. The Hall–Kier alpha value is -0.590. The summed E-state index contributed by atoms with van der Waals surface area (Å²) in [7, 11) is 0. The zero-order valence-electron chi connectivity index (χ0n) is 11.3. The van der Waals surface area contributed by atoms with Crippen LogP contribution in [0.5, 0.6) is 0 Å². The second kappa shape index (κ2) is 5.59. The van der Waals surface area contributed by atoms with Crippen molar-refractivity contribution in [1.29, 1.82) is 5.26 Å². The third-order valence-electron chi connectivity index (χ3n) is 4.33. The lowest BCUT2D eigenvalue weighted by Gasteiger charge is -2.23. The van der Waals surface area contributed by atoms with E-state index in [1.165, 1.54) is 51.6 Å². The number of hydrogen-bond acceptors (Lipinski definition) is 3. The molecule has 3 nitrogen and oxygen atoms in total. The lowest BCUT2D eigenvalue weighted by molar-refractivity contribution is 0.243. The minimum absolute atomic E-state index is 0.0819. The first-order chi connectivity index (χ1) is 8.83. The van der Waals surface area contributed by atoms with Gasteiger partial charge in [0.15, 0.2) is 0 Å². The Morgan fingerprint density at radius 3 is 2.11 bits per heavy atom. The molecule has 100 valence electrons. The second-order valence-corrected chi connectivity index (χ2v) is 6.56. The van der Waals surface area contributed by atoms with Gasteiger partial charge in [0, 0.05) is 25.7 Å². The molecule has 1 N–H and O–H groups in total. The summed E-state index contributed by atoms with van der Waals surface area (Å²) in [6.45, 7) is 3.70. The predicted molar refractivity (Wildman–Crippen MR) is 72.1 cm³/mol. The Bertz CT molecular complexity index is 296. The molecule has 0 radical (unpaired) electrons. The molecule has 0 saturated heterocycles. The topological polar surface area (TPSA) is 39.1 Å². The molecule has 0 aromatic rings. The zero-order chi connectivity index (χ0) is 12.4. The fourth-order valence-electron chi connectivity index (χ4n) is 2.62. The largest absolute Gasteiger partial charge is 0.303 e. The van der Waals surface area contributed by atoms with E-state index in [4.69, 9.17) is 0 Å². The Kier molecular flexibility index (Phi) is 3.86. The van der Waals surface area contributed by atoms with Crippen LogP contribution in [0.15, 0.2) is 0 Å². The maximum Gasteiger partial charge on any atom is 0.0967 e. The maximum atomic E-state index is 9.17. The summed E-state index contributed by atoms with van der Waals surface area (Å²) in [5.74, 6) is 1.95. The second-order valence-electron chi connectivity index (χ2n) is 6.56. The molecule has 3 fully saturated rings. The van der Waals surface area contributed by atoms with Crippen LogP contribution in [0.4, 0.5) is 0 Å². The van der Waals surface area contributed by atoms with Gasteiger partial charge >= 0.3 is 0 Å². The van der Waals surface area contributed by atoms with Gasteiger partial charge in [0.1, 0.15) is 0 Å². The van der Waals surface area contributed by atoms with Crippen molar-refractivity contribution < 1.29 is 0 Å². The molecule has 18 heavy (non-hydrogen) atoms. The summed E-state index contributed by atoms with van der Waals surface area (Å²) < 4.78 is 0. The van der Waals surface area contributed by atoms with E-state index in [-0.39, 0.29) is 6.04 Å². The SMILES string of the molecule is N#CC(CCN(CC1CC1)CC1CC1)NC1CC1. The molecule has 1 atom stereocenters. The fourth-order valence-corrected chi connectivity index (χ4v) is 2.62. The molecule has 0 heterocycles. The Labute approximate surface area is 111 Å². The summed E-state index contributed by atoms with van der Waals surface area (Å²) in [4.78, 5) is 2.63. The summed E-state index contributed by atoms with van der Waals surface area (Å²) in [5, 5.41) is 12.6. The third-order valence-corrected chi connectivity index (χ3v) is 4.33. The Morgan fingerprint density at radius 1 is 1.06 bits per heavy atom. The molecule has 0 aromatic heterocycles. The van der Waals surface area contributed by atoms with E-state index in [1.807, 2.05) is 0 Å². The van der Waals surface area contributed by atoms with Crippen molar-refractivity contribution in [3.63, 3.8) is 0 Å². The van der Waals surface area contributed by atoms with Crippen LogP contribution in [-0.2, 0) is 0 Å². The molecule has 0 spiro atoms. The van der Waals surface area contributed by atoms with Gasteiger partial charge in [0.05, 0.1) is 12.1 Å². The van der Waals surface area contributed by atoms with E-state index in [0.717, 1.165) is 24.8 Å². The van der Waals surface area contributed by atoms with Crippen LogP contribution in [0.3, 0.4) is 0 Å². The molecule has 3 rings (SSSR count). The van der Waals surface area contributed by atoms with Crippen molar-refractivity contribution in [2.75, 3.05) is 19.6 Å². The van der Waals surface area contributed by atoms with E-state index >= 15 is 0 Å². The Balaban J connectivity index is 1.39. The van der Waals surface area contributed by atoms with E-state index in [0.29, 0.717) is 6.04 Å². The predicted octanol–water partition coefficient (Wildman–Crippen LogP) is 2.14. The highest BCUT2D eigenvalue weighted by atomic mass is 15.1. The molecule has 1 unspecified atom stereocenters. The van der Waals surface area contributed by atoms with Gasteiger partial charge in [-0.05, 0) is 56.8 Å². The first kappa shape index (κ1) is 12.4. The van der Waals surface area contributed by atoms with Crippen LogP contribution < -0.4 is 5.32 Å². The molecule has 3 saturated carbocycles. The van der Waals surface area contributed by atoms with Crippen molar-refractivity contribution >= 4 is 0 Å². The molecular weight excluding hydrogens is 222 g/mol. The summed E-state index contributed by atoms with van der Waals surface area (Å²) in [6, 6.07) is 3.16. The number of rotatable bonds is 9. The van der Waals surface area contributed by atoms with Gasteiger partial charge < -0.3 is 4.90 Å². The van der Waals surface area contributed by atoms with E-state index in [9.17, 15) is 5.26 Å². The lowest BCUT2D eigenvalue weighted by atomic mass is 10.2. The highest BCUT2D eigenvalue weighted by Gasteiger charge is 2.30. The standard InChI is InChI=1S/C15H25N3/c16-9-15(17-14-5-6-14)7-8-18(10-12-1-2-12)11-13-3-4-13/h12-15,17H,1-8,10-11H2. The average Bonchev–Trinajstić information content (AvgIpc) is 3.21. The first-order valence-corrected chi connectivity index (χ1v) is 7.71. The van der Waals surface area contributed by atoms with Crippen molar-refractivity contribution in [2.24, 2.45) is 11.8 Å². The van der Waals surface area contributed by atoms with Crippen LogP contribution in [0.2, 0.25) is 0 Å². The number of hydrogen-bond donors (Lipinski definition) is 1. The highest BCUT2D eigenvalue weighted by molar-refractivity contribution is 4.96. The molecule has 3 heteroatoms. The van der Waals surface area contributed by atoms with Gasteiger partial charge in [0.2, 0.25) is 0 Å². The first-order valence-electron chi connectivity index (χ1n) is 7.71. The van der Waals surface area contributed by atoms with Crippen LogP contribution in [0.25, 0.3) is 0 Å². The van der Waals surface area contributed by atoms with Gasteiger partial charge in [-0.15, -0.1) is 0 Å². The number of nitrogens with zero attached hydrogens (tertiary/aromatic N) is 2. The fraction of sp³-hybridized carbons (Fsp3) is 0.933. The molecule has 0 aromatic carbocycles. The molecule has 3 aliphatic carbocycles. The van der Waals surface area contributed by atoms with E-state index < -0.39 is 0 Å². The summed E-state index contributed by atoms with van der Waals surface area (Å²) in [5.41, 5.74) is 0. The van der Waals surface area contributed by atoms with Gasteiger partial charge in [-0.2, -0.15) is 5.26 Å². The highest BCUT2D eigenvalue weighted by Crippen LogP contribution is 2.33. The van der Waals surface area contributed by atoms with Crippen LogP contribution in [0.1, 0.15) is 44.9 Å². The molecular formula is C15H25N3. The van der Waals surface area contributed by atoms with Gasteiger partial charge in [-0.1, -0.05) is 0 Å². The summed E-state index contributed by atoms with van der Waals surface area (Å²) >= 11 is 0. The van der Waals surface area contributed by atoms with Crippen LogP contribution in [0, 0.1) is 23.2 Å². The monoisotopic (exact) mass is 247 g/mol. The molecule has 0 bridgehead atoms. The minimum Gasteiger partial charge on any atom is -0.303 e. The van der Waals surface area contributed by atoms with E-state index in [1.54, 1.807) is 0 Å². The summed E-state index contributed by atoms with van der Waals surface area (Å²) in [6.07, 6.45) is 9.28. The van der Waals surface area contributed by atoms with Crippen LogP contribution >= 0.6 is 0 Å². The van der Waals surface area contributed by atoms with Gasteiger partial charge in [-0.3, -0.25) is 5.32 Å². The van der Waals surface area contributed by atoms with Crippen molar-refractivity contribution in [1.82, 2.24) is 10.2 Å². The van der Waals surface area contributed by atoms with Gasteiger partial charge in [0.25, 0.3) is 0 Å². The van der Waals surface area contributed by atoms with Gasteiger partial charge in [-0.25, -0.2) is 0 Å². The third kappa shape index (κ3) is 4.26. The van der Waals surface area contributed by atoms with Crippen LogP contribution in [-0.4, -0.2) is 36.6 Å². The molecule has 3 aliphatic rings.